The Bertz CT molecular complexity index is 1740. The number of ether oxygens (including phenoxy) is 4. The number of hydrogen-bond acceptors (Lipinski definition) is 13. The van der Waals surface area contributed by atoms with Gasteiger partial charge in [-0.2, -0.15) is 0 Å². The summed E-state index contributed by atoms with van der Waals surface area (Å²) >= 11 is 0. The molecule has 90 heavy (non-hydrogen) atoms. The summed E-state index contributed by atoms with van der Waals surface area (Å²) in [4.78, 5) is 13.4. The minimum absolute atomic E-state index is 0.247. The topological polar surface area (TPSA) is 228 Å². The monoisotopic (exact) mass is 1270 g/mol. The smallest absolute Gasteiger partial charge is 0.220 e. The molecule has 0 aromatic carbocycles. The molecule has 0 aromatic rings. The quantitative estimate of drug-likeness (QED) is 0.0204. The van der Waals surface area contributed by atoms with E-state index in [2.05, 4.69) is 67.8 Å². The first-order valence-corrected chi connectivity index (χ1v) is 37.5. The molecule has 1 amide bonds. The van der Waals surface area contributed by atoms with Crippen LogP contribution in [0.5, 0.6) is 0 Å². The standard InChI is InChI=1S/C76H139NO13/c1-3-5-7-9-11-13-15-17-19-21-23-25-27-29-31-32-34-36-38-40-42-44-46-48-50-52-54-56-58-60-68(81)77-64(63-87-75-73(86)71(84)74(67(62-79)89-75)90-76-72(85)70(83)69(82)66(61-78)88-76)65(80)59-57-55-53-51-49-47-45-43-41-39-37-35-33-30-28-26-24-22-20-18-16-14-12-10-8-6-4-2/h15,17,21,23,27,29,49,51,57,59,64-67,69-76,78-80,82-86H,3-14,16,18-20,22,24-26,28,30-48,50,52-56,58,60-63H2,1-2H3,(H,77,81)/b17-15-,23-21-,29-27-,51-49+,59-57+. The average Bonchev–Trinajstić information content (AvgIpc) is 1.26. The van der Waals surface area contributed by atoms with E-state index < -0.39 is 86.8 Å². The zero-order valence-corrected chi connectivity index (χ0v) is 57.4. The van der Waals surface area contributed by atoms with Gasteiger partial charge in [-0.15, -0.1) is 0 Å². The fourth-order valence-corrected chi connectivity index (χ4v) is 12.2. The van der Waals surface area contributed by atoms with Crippen molar-refractivity contribution in [3.63, 3.8) is 0 Å². The first-order valence-electron chi connectivity index (χ1n) is 37.5. The molecule has 0 bridgehead atoms. The van der Waals surface area contributed by atoms with E-state index in [-0.39, 0.29) is 18.9 Å². The number of carbonyl (C=O) groups is 1. The normalized spacial score (nSPS) is 23.2. The molecule has 2 saturated heterocycles. The number of nitrogens with one attached hydrogen (secondary N) is 1. The zero-order valence-electron chi connectivity index (χ0n) is 57.4. The lowest BCUT2D eigenvalue weighted by atomic mass is 9.97. The van der Waals surface area contributed by atoms with Crippen LogP contribution in [0.2, 0.25) is 0 Å². The van der Waals surface area contributed by atoms with Gasteiger partial charge in [0.2, 0.25) is 5.91 Å². The van der Waals surface area contributed by atoms with Crippen molar-refractivity contribution in [3.05, 3.63) is 60.8 Å². The van der Waals surface area contributed by atoms with Crippen LogP contribution in [0.1, 0.15) is 322 Å². The van der Waals surface area contributed by atoms with E-state index in [4.69, 9.17) is 18.9 Å². The Morgan fingerprint density at radius 3 is 1.17 bits per heavy atom. The molecule has 14 heteroatoms. The van der Waals surface area contributed by atoms with Gasteiger partial charge in [0.25, 0.3) is 0 Å². The van der Waals surface area contributed by atoms with E-state index in [1.54, 1.807) is 6.08 Å². The van der Waals surface area contributed by atoms with Gasteiger partial charge in [0, 0.05) is 6.42 Å². The summed E-state index contributed by atoms with van der Waals surface area (Å²) in [7, 11) is 0. The van der Waals surface area contributed by atoms with Crippen LogP contribution in [-0.2, 0) is 23.7 Å². The van der Waals surface area contributed by atoms with Crippen molar-refractivity contribution in [1.29, 1.82) is 0 Å². The highest BCUT2D eigenvalue weighted by atomic mass is 16.7. The van der Waals surface area contributed by atoms with Crippen LogP contribution in [0.4, 0.5) is 0 Å². The number of hydrogen-bond donors (Lipinski definition) is 9. The second kappa shape index (κ2) is 60.4. The van der Waals surface area contributed by atoms with E-state index in [1.165, 1.54) is 244 Å². The Morgan fingerprint density at radius 2 is 0.744 bits per heavy atom. The molecule has 0 aliphatic carbocycles. The number of allylic oxidation sites excluding steroid dienone is 9. The van der Waals surface area contributed by atoms with Crippen LogP contribution in [0.25, 0.3) is 0 Å². The molecule has 9 N–H and O–H groups in total. The third-order valence-electron chi connectivity index (χ3n) is 18.2. The lowest BCUT2D eigenvalue weighted by Crippen LogP contribution is -2.65. The van der Waals surface area contributed by atoms with Crippen molar-refractivity contribution in [1.82, 2.24) is 5.32 Å². The highest BCUT2D eigenvalue weighted by molar-refractivity contribution is 5.76. The minimum Gasteiger partial charge on any atom is -0.394 e. The Balaban J connectivity index is 1.67. The maximum atomic E-state index is 13.4. The average molecular weight is 1270 g/mol. The summed E-state index contributed by atoms with van der Waals surface area (Å²) in [6, 6.07) is -0.936. The van der Waals surface area contributed by atoms with E-state index >= 15 is 0 Å². The Kier molecular flexibility index (Phi) is 56.2. The molecule has 2 rings (SSSR count). The number of amides is 1. The Labute approximate surface area is 549 Å². The van der Waals surface area contributed by atoms with Crippen LogP contribution in [0.15, 0.2) is 60.8 Å². The van der Waals surface area contributed by atoms with Gasteiger partial charge in [-0.25, -0.2) is 0 Å². The van der Waals surface area contributed by atoms with Crippen molar-refractivity contribution in [2.45, 2.75) is 396 Å². The molecule has 12 atom stereocenters. The molecule has 2 aliphatic rings. The first-order chi connectivity index (χ1) is 44.1. The maximum Gasteiger partial charge on any atom is 0.220 e. The molecule has 0 saturated carbocycles. The summed E-state index contributed by atoms with van der Waals surface area (Å²) in [6.45, 7) is 2.81. The van der Waals surface area contributed by atoms with Crippen molar-refractivity contribution in [2.24, 2.45) is 0 Å². The minimum atomic E-state index is -1.79. The second-order valence-corrected chi connectivity index (χ2v) is 26.4. The van der Waals surface area contributed by atoms with E-state index in [1.807, 2.05) is 6.08 Å². The van der Waals surface area contributed by atoms with Gasteiger partial charge < -0.3 is 65.1 Å². The third kappa shape index (κ3) is 43.6. The lowest BCUT2D eigenvalue weighted by molar-refractivity contribution is -0.359. The van der Waals surface area contributed by atoms with Crippen LogP contribution < -0.4 is 5.32 Å². The molecule has 14 nitrogen and oxygen atoms in total. The summed E-state index contributed by atoms with van der Waals surface area (Å²) < 4.78 is 22.9. The number of aliphatic hydroxyl groups is 8. The molecule has 0 radical (unpaired) electrons. The predicted octanol–water partition coefficient (Wildman–Crippen LogP) is 16.0. The van der Waals surface area contributed by atoms with Gasteiger partial charge in [0.1, 0.15) is 48.8 Å². The molecule has 526 valence electrons. The third-order valence-corrected chi connectivity index (χ3v) is 18.2. The van der Waals surface area contributed by atoms with Crippen LogP contribution >= 0.6 is 0 Å². The van der Waals surface area contributed by atoms with E-state index in [0.29, 0.717) is 12.8 Å². The SMILES string of the molecule is CCCCCCC/C=C\C/C=C\C/C=C\CCCCCCCCCCCCCCCCC(=O)NC(COC1OC(CO)C(OC2OC(CO)C(O)C(O)C2O)C(O)C1O)C(O)/C=C/CC/C=C/CCCCCCCCCCCCCCCCCCCCCCC. The molecular formula is C76H139NO13. The first kappa shape index (κ1) is 83.8. The number of carbonyl (C=O) groups excluding carboxylic acids is 1. The highest BCUT2D eigenvalue weighted by Crippen LogP contribution is 2.30. The van der Waals surface area contributed by atoms with Crippen molar-refractivity contribution in [3.8, 4) is 0 Å². The van der Waals surface area contributed by atoms with Crippen LogP contribution in [0.3, 0.4) is 0 Å². The molecule has 12 unspecified atom stereocenters. The summed E-state index contributed by atoms with van der Waals surface area (Å²) in [5.41, 5.74) is 0. The van der Waals surface area contributed by atoms with Gasteiger partial charge in [-0.1, -0.05) is 306 Å². The van der Waals surface area contributed by atoms with Crippen molar-refractivity contribution in [2.75, 3.05) is 19.8 Å². The molecular weight excluding hydrogens is 1130 g/mol. The summed E-state index contributed by atoms with van der Waals surface area (Å²) in [6.07, 6.45) is 64.3. The van der Waals surface area contributed by atoms with Gasteiger partial charge >= 0.3 is 0 Å². The van der Waals surface area contributed by atoms with Gasteiger partial charge in [-0.3, -0.25) is 4.79 Å². The number of rotatable bonds is 62. The van der Waals surface area contributed by atoms with Crippen LogP contribution in [-0.4, -0.2) is 140 Å². The highest BCUT2D eigenvalue weighted by Gasteiger charge is 2.51. The zero-order chi connectivity index (χ0) is 65.2. The Hall–Kier alpha value is -2.31. The maximum absolute atomic E-state index is 13.4. The Morgan fingerprint density at radius 1 is 0.400 bits per heavy atom. The molecule has 2 heterocycles. The van der Waals surface area contributed by atoms with E-state index in [9.17, 15) is 45.6 Å². The molecule has 2 fully saturated rings. The lowest BCUT2D eigenvalue weighted by Gasteiger charge is -2.46. The molecule has 0 spiro atoms. The fourth-order valence-electron chi connectivity index (χ4n) is 12.2. The van der Waals surface area contributed by atoms with Crippen molar-refractivity contribution >= 4 is 5.91 Å². The van der Waals surface area contributed by atoms with Crippen LogP contribution in [0, 0.1) is 0 Å². The van der Waals surface area contributed by atoms with Crippen molar-refractivity contribution < 1.29 is 64.6 Å². The number of aliphatic hydroxyl groups excluding tert-OH is 8. The molecule has 2 aliphatic heterocycles. The van der Waals surface area contributed by atoms with E-state index in [0.717, 1.165) is 44.9 Å². The van der Waals surface area contributed by atoms with Gasteiger partial charge in [0.15, 0.2) is 12.6 Å². The number of unbranched alkanes of at least 4 members (excludes halogenated alkanes) is 41. The van der Waals surface area contributed by atoms with Gasteiger partial charge in [0.05, 0.1) is 32.0 Å². The fraction of sp³-hybridized carbons (Fsp3) is 0.855. The van der Waals surface area contributed by atoms with Gasteiger partial charge in [-0.05, 0) is 70.6 Å². The summed E-state index contributed by atoms with van der Waals surface area (Å²) in [5, 5.41) is 87.5. The summed E-state index contributed by atoms with van der Waals surface area (Å²) in [5.74, 6) is -0.247. The largest absolute Gasteiger partial charge is 0.394 e. The second-order valence-electron chi connectivity index (χ2n) is 26.4. The predicted molar refractivity (Wildman–Crippen MR) is 369 cm³/mol. The molecule has 0 aromatic heterocycles.